The minimum absolute atomic E-state index is 0.0840. The first-order chi connectivity index (χ1) is 13.6. The van der Waals surface area contributed by atoms with E-state index < -0.39 is 29.8 Å². The maximum absolute atomic E-state index is 13.2. The first-order valence-electron chi connectivity index (χ1n) is 10.5. The molecular formula is C21H33NO6S. The molecule has 0 N–H and O–H groups in total. The molecule has 7 nitrogen and oxygen atoms in total. The molecule has 0 bridgehead atoms. The van der Waals surface area contributed by atoms with Gasteiger partial charge in [-0.1, -0.05) is 58.2 Å². The van der Waals surface area contributed by atoms with Gasteiger partial charge in [0.1, 0.15) is 6.61 Å². The van der Waals surface area contributed by atoms with Crippen LogP contribution in [0.25, 0.3) is 0 Å². The Hall–Kier alpha value is -1.57. The Balaban J connectivity index is 2.25. The number of ether oxygens (including phenoxy) is 2. The average molecular weight is 428 g/mol. The Kier molecular flexibility index (Phi) is 8.55. The van der Waals surface area contributed by atoms with E-state index in [1.54, 1.807) is 6.92 Å². The van der Waals surface area contributed by atoms with Crippen molar-refractivity contribution in [1.82, 2.24) is 4.90 Å². The third-order valence-electron chi connectivity index (χ3n) is 5.30. The van der Waals surface area contributed by atoms with E-state index >= 15 is 0 Å². The van der Waals surface area contributed by atoms with Gasteiger partial charge in [-0.05, 0) is 19.3 Å². The summed E-state index contributed by atoms with van der Waals surface area (Å²) in [5.41, 5.74) is 0. The molecule has 1 heterocycles. The summed E-state index contributed by atoms with van der Waals surface area (Å²) in [6.45, 7) is 8.05. The minimum atomic E-state index is -0.890. The van der Waals surface area contributed by atoms with E-state index in [1.807, 2.05) is 20.8 Å². The van der Waals surface area contributed by atoms with Crippen molar-refractivity contribution in [2.75, 3.05) is 19.8 Å². The summed E-state index contributed by atoms with van der Waals surface area (Å²) in [5.74, 6) is -2.16. The van der Waals surface area contributed by atoms with E-state index in [-0.39, 0.29) is 36.0 Å². The predicted octanol–water partition coefficient (Wildman–Crippen LogP) is 3.79. The molecule has 2 amide bonds. The highest BCUT2D eigenvalue weighted by Crippen LogP contribution is 2.39. The van der Waals surface area contributed by atoms with E-state index in [0.29, 0.717) is 12.3 Å². The monoisotopic (exact) mass is 427 g/mol. The summed E-state index contributed by atoms with van der Waals surface area (Å²) in [5, 5.41) is -0.0840. The average Bonchev–Trinajstić information content (AvgIpc) is 3.27. The largest absolute Gasteiger partial charge is 0.466 e. The summed E-state index contributed by atoms with van der Waals surface area (Å²) < 4.78 is 9.77. The third-order valence-corrected chi connectivity index (χ3v) is 6.42. The lowest BCUT2D eigenvalue weighted by molar-refractivity contribution is -0.154. The van der Waals surface area contributed by atoms with Gasteiger partial charge >= 0.3 is 12.1 Å². The second-order valence-corrected chi connectivity index (χ2v) is 10.6. The number of imide groups is 1. The molecule has 0 spiro atoms. The highest BCUT2D eigenvalue weighted by molar-refractivity contribution is 8.14. The lowest BCUT2D eigenvalue weighted by Gasteiger charge is -2.29. The Morgan fingerprint density at radius 3 is 2.38 bits per heavy atom. The van der Waals surface area contributed by atoms with Crippen molar-refractivity contribution < 1.29 is 28.7 Å². The van der Waals surface area contributed by atoms with Crippen molar-refractivity contribution in [3.63, 3.8) is 0 Å². The Morgan fingerprint density at radius 2 is 1.86 bits per heavy atom. The number of amides is 2. The first-order valence-corrected chi connectivity index (χ1v) is 11.3. The molecule has 1 saturated heterocycles. The molecule has 0 radical (unpaired) electrons. The van der Waals surface area contributed by atoms with Crippen molar-refractivity contribution in [2.24, 2.45) is 17.8 Å². The zero-order chi connectivity index (χ0) is 21.6. The quantitative estimate of drug-likeness (QED) is 0.544. The zero-order valence-electron chi connectivity index (χ0n) is 17.9. The maximum atomic E-state index is 13.2. The fraction of sp³-hybridized carbons (Fsp3) is 0.810. The topological polar surface area (TPSA) is 90.0 Å². The molecule has 2 fully saturated rings. The van der Waals surface area contributed by atoms with E-state index in [9.17, 15) is 19.2 Å². The van der Waals surface area contributed by atoms with Crippen LogP contribution in [-0.2, 0) is 23.9 Å². The van der Waals surface area contributed by atoms with Crippen molar-refractivity contribution in [3.8, 4) is 0 Å². The van der Waals surface area contributed by atoms with E-state index in [4.69, 9.17) is 9.47 Å². The van der Waals surface area contributed by atoms with Gasteiger partial charge in [0, 0.05) is 17.1 Å². The molecule has 1 aliphatic heterocycles. The molecule has 2 atom stereocenters. The van der Waals surface area contributed by atoms with Crippen LogP contribution in [0.5, 0.6) is 0 Å². The molecule has 0 aromatic rings. The van der Waals surface area contributed by atoms with Crippen LogP contribution in [0.3, 0.4) is 0 Å². The molecule has 164 valence electrons. The van der Waals surface area contributed by atoms with Crippen molar-refractivity contribution >= 4 is 34.8 Å². The minimum Gasteiger partial charge on any atom is -0.466 e. The first kappa shape index (κ1) is 23.7. The van der Waals surface area contributed by atoms with Gasteiger partial charge in [0.2, 0.25) is 5.91 Å². The van der Waals surface area contributed by atoms with Crippen LogP contribution in [-0.4, -0.2) is 52.5 Å². The van der Waals surface area contributed by atoms with Crippen LogP contribution in [0.4, 0.5) is 4.79 Å². The Bertz CT molecular complexity index is 623. The lowest BCUT2D eigenvalue weighted by Crippen LogP contribution is -2.39. The van der Waals surface area contributed by atoms with E-state index in [2.05, 4.69) is 0 Å². The van der Waals surface area contributed by atoms with Crippen molar-refractivity contribution in [3.05, 3.63) is 0 Å². The standard InChI is InChI=1S/C21H33NO6S/c1-5-27-18(24)15(13-17(23)22-10-11-28-20(22)26)16(12-14-8-6-7-9-14)19(25)29-21(2,3)4/h14-16H,5-13H2,1-4H3/t15-,16+/m0/s1. The molecule has 29 heavy (non-hydrogen) atoms. The number of rotatable bonds is 8. The number of esters is 1. The van der Waals surface area contributed by atoms with Crippen LogP contribution in [0.1, 0.15) is 66.2 Å². The van der Waals surface area contributed by atoms with Crippen LogP contribution in [0, 0.1) is 17.8 Å². The summed E-state index contributed by atoms with van der Waals surface area (Å²) in [6, 6.07) is 0. The highest BCUT2D eigenvalue weighted by Gasteiger charge is 2.41. The zero-order valence-corrected chi connectivity index (χ0v) is 18.7. The summed E-state index contributed by atoms with van der Waals surface area (Å²) in [7, 11) is 0. The summed E-state index contributed by atoms with van der Waals surface area (Å²) in [4.78, 5) is 51.5. The molecule has 8 heteroatoms. The molecule has 0 aromatic carbocycles. The predicted molar refractivity (Wildman–Crippen MR) is 110 cm³/mol. The van der Waals surface area contributed by atoms with Crippen molar-refractivity contribution in [2.45, 2.75) is 71.0 Å². The van der Waals surface area contributed by atoms with Gasteiger partial charge in [-0.15, -0.1) is 0 Å². The summed E-state index contributed by atoms with van der Waals surface area (Å²) in [6.07, 6.45) is 3.98. The van der Waals surface area contributed by atoms with E-state index in [0.717, 1.165) is 30.6 Å². The Morgan fingerprint density at radius 1 is 1.21 bits per heavy atom. The fourth-order valence-electron chi connectivity index (χ4n) is 3.96. The molecular weight excluding hydrogens is 394 g/mol. The maximum Gasteiger partial charge on any atom is 0.416 e. The third kappa shape index (κ3) is 7.01. The van der Waals surface area contributed by atoms with Gasteiger partial charge in [-0.2, -0.15) is 0 Å². The molecule has 0 unspecified atom stereocenters. The van der Waals surface area contributed by atoms with Crippen LogP contribution in [0.15, 0.2) is 0 Å². The number of thioether (sulfide) groups is 1. The molecule has 1 aliphatic carbocycles. The number of carbonyl (C=O) groups excluding carboxylic acids is 4. The second-order valence-electron chi connectivity index (χ2n) is 8.75. The van der Waals surface area contributed by atoms with Gasteiger partial charge < -0.3 is 9.47 Å². The van der Waals surface area contributed by atoms with Gasteiger partial charge in [0.15, 0.2) is 5.12 Å². The SMILES string of the molecule is CCOC(=O)[C@@H](CC(=O)N1CCOC1=O)[C@@H](CC1CCCC1)C(=O)SC(C)(C)C. The normalized spacial score (nSPS) is 19.7. The van der Waals surface area contributed by atoms with E-state index in [1.165, 1.54) is 11.8 Å². The fourth-order valence-corrected chi connectivity index (χ4v) is 4.98. The van der Waals surface area contributed by atoms with Gasteiger partial charge in [-0.3, -0.25) is 14.4 Å². The number of nitrogens with zero attached hydrogens (tertiary/aromatic N) is 1. The number of cyclic esters (lactones) is 1. The second kappa shape index (κ2) is 10.5. The highest BCUT2D eigenvalue weighted by atomic mass is 32.2. The molecule has 0 aromatic heterocycles. The molecule has 2 aliphatic rings. The van der Waals surface area contributed by atoms with Crippen molar-refractivity contribution in [1.29, 1.82) is 0 Å². The summed E-state index contributed by atoms with van der Waals surface area (Å²) >= 11 is 1.21. The van der Waals surface area contributed by atoms with Gasteiger partial charge in [-0.25, -0.2) is 9.69 Å². The Labute approximate surface area is 177 Å². The number of hydrogen-bond acceptors (Lipinski definition) is 7. The van der Waals surface area contributed by atoms with Crippen LogP contribution >= 0.6 is 11.8 Å². The van der Waals surface area contributed by atoms with Crippen LogP contribution in [0.2, 0.25) is 0 Å². The molecule has 1 saturated carbocycles. The van der Waals surface area contributed by atoms with Gasteiger partial charge in [0.05, 0.1) is 19.1 Å². The number of hydrogen-bond donors (Lipinski definition) is 0. The van der Waals surface area contributed by atoms with Gasteiger partial charge in [0.25, 0.3) is 0 Å². The molecule has 2 rings (SSSR count). The number of carbonyl (C=O) groups is 4. The van der Waals surface area contributed by atoms with Crippen LogP contribution < -0.4 is 0 Å². The lowest BCUT2D eigenvalue weighted by atomic mass is 9.82. The smallest absolute Gasteiger partial charge is 0.416 e.